The van der Waals surface area contributed by atoms with E-state index < -0.39 is 5.97 Å². The third-order valence-electron chi connectivity index (χ3n) is 5.82. The lowest BCUT2D eigenvalue weighted by molar-refractivity contribution is -0.147. The lowest BCUT2D eigenvalue weighted by Crippen LogP contribution is -2.57. The topological polar surface area (TPSA) is 43.8 Å². The zero-order valence-corrected chi connectivity index (χ0v) is 14.3. The summed E-state index contributed by atoms with van der Waals surface area (Å²) in [7, 11) is 2.16. The number of likely N-dealkylation sites (N-methyl/N-ethyl adjacent to an activating group) is 1. The molecule has 0 spiro atoms. The number of carbonyl (C=O) groups is 1. The van der Waals surface area contributed by atoms with E-state index in [1.54, 1.807) is 0 Å². The third-order valence-corrected chi connectivity index (χ3v) is 5.82. The quantitative estimate of drug-likeness (QED) is 0.850. The summed E-state index contributed by atoms with van der Waals surface area (Å²) in [5, 5.41) is 9.61. The van der Waals surface area contributed by atoms with E-state index in [1.807, 2.05) is 0 Å². The van der Waals surface area contributed by atoms with Gasteiger partial charge in [0.05, 0.1) is 5.92 Å². The van der Waals surface area contributed by atoms with E-state index in [-0.39, 0.29) is 17.4 Å². The minimum Gasteiger partial charge on any atom is -0.481 e. The zero-order valence-electron chi connectivity index (χ0n) is 14.3. The third kappa shape index (κ3) is 3.78. The Balaban J connectivity index is 2.12. The molecule has 122 valence electrons. The molecule has 1 aliphatic heterocycles. The lowest BCUT2D eigenvalue weighted by Gasteiger charge is -2.48. The molecule has 1 aliphatic carbocycles. The number of piperazine rings is 1. The van der Waals surface area contributed by atoms with Gasteiger partial charge in [-0.3, -0.25) is 9.69 Å². The normalized spacial score (nSPS) is 36.6. The summed E-state index contributed by atoms with van der Waals surface area (Å²) in [4.78, 5) is 16.5. The Labute approximate surface area is 129 Å². The standard InChI is InChI=1S/C17H32N2O2/c1-12-11-19(9-8-18(12)5)15-10-13(17(2,3)4)6-7-14(15)16(20)21/h12-15H,6-11H2,1-5H3,(H,20,21). The molecule has 4 atom stereocenters. The van der Waals surface area contributed by atoms with E-state index in [9.17, 15) is 9.90 Å². The highest BCUT2D eigenvalue weighted by Crippen LogP contribution is 2.42. The van der Waals surface area contributed by atoms with E-state index in [2.05, 4.69) is 44.5 Å². The SMILES string of the molecule is CC1CN(C2CC(C(C)(C)C)CCC2C(=O)O)CCN1C. The fourth-order valence-electron chi connectivity index (χ4n) is 4.00. The van der Waals surface area contributed by atoms with Gasteiger partial charge < -0.3 is 10.0 Å². The van der Waals surface area contributed by atoms with Crippen LogP contribution in [0.15, 0.2) is 0 Å². The number of nitrogens with zero attached hydrogens (tertiary/aromatic N) is 2. The predicted molar refractivity (Wildman–Crippen MR) is 85.4 cm³/mol. The molecule has 1 heterocycles. The number of hydrogen-bond donors (Lipinski definition) is 1. The molecule has 0 aromatic carbocycles. The van der Waals surface area contributed by atoms with Crippen LogP contribution < -0.4 is 0 Å². The Morgan fingerprint density at radius 2 is 1.86 bits per heavy atom. The van der Waals surface area contributed by atoms with Crippen LogP contribution in [0.2, 0.25) is 0 Å². The Bertz CT molecular complexity index is 377. The van der Waals surface area contributed by atoms with Crippen molar-refractivity contribution in [3.63, 3.8) is 0 Å². The summed E-state index contributed by atoms with van der Waals surface area (Å²) in [5.41, 5.74) is 0.278. The van der Waals surface area contributed by atoms with Crippen molar-refractivity contribution >= 4 is 5.97 Å². The van der Waals surface area contributed by atoms with Gasteiger partial charge in [-0.2, -0.15) is 0 Å². The summed E-state index contributed by atoms with van der Waals surface area (Å²) in [6.07, 6.45) is 2.93. The maximum absolute atomic E-state index is 11.7. The zero-order chi connectivity index (χ0) is 15.8. The monoisotopic (exact) mass is 296 g/mol. The van der Waals surface area contributed by atoms with Crippen LogP contribution in [0.1, 0.15) is 47.0 Å². The second kappa shape index (κ2) is 6.25. The fourth-order valence-corrected chi connectivity index (χ4v) is 4.00. The average molecular weight is 296 g/mol. The van der Waals surface area contributed by atoms with Crippen molar-refractivity contribution in [3.8, 4) is 0 Å². The fraction of sp³-hybridized carbons (Fsp3) is 0.941. The molecule has 4 nitrogen and oxygen atoms in total. The van der Waals surface area contributed by atoms with Crippen molar-refractivity contribution < 1.29 is 9.90 Å². The van der Waals surface area contributed by atoms with Crippen molar-refractivity contribution in [2.24, 2.45) is 17.3 Å². The number of aliphatic carboxylic acids is 1. The van der Waals surface area contributed by atoms with Crippen LogP contribution in [0.3, 0.4) is 0 Å². The predicted octanol–water partition coefficient (Wildman–Crippen LogP) is 2.54. The van der Waals surface area contributed by atoms with Gasteiger partial charge in [-0.25, -0.2) is 0 Å². The van der Waals surface area contributed by atoms with Crippen LogP contribution in [0.25, 0.3) is 0 Å². The van der Waals surface area contributed by atoms with Gasteiger partial charge in [-0.15, -0.1) is 0 Å². The van der Waals surface area contributed by atoms with Crippen molar-refractivity contribution in [2.45, 2.75) is 59.0 Å². The first-order chi connectivity index (χ1) is 9.70. The van der Waals surface area contributed by atoms with E-state index in [0.717, 1.165) is 38.9 Å². The van der Waals surface area contributed by atoms with Gasteiger partial charge in [0.15, 0.2) is 0 Å². The van der Waals surface area contributed by atoms with Crippen molar-refractivity contribution in [3.05, 3.63) is 0 Å². The van der Waals surface area contributed by atoms with Crippen molar-refractivity contribution in [1.82, 2.24) is 9.80 Å². The van der Waals surface area contributed by atoms with Gasteiger partial charge in [-0.1, -0.05) is 20.8 Å². The van der Waals surface area contributed by atoms with E-state index in [0.29, 0.717) is 12.0 Å². The Morgan fingerprint density at radius 3 is 2.38 bits per heavy atom. The number of carboxylic acids is 1. The highest BCUT2D eigenvalue weighted by molar-refractivity contribution is 5.71. The second-order valence-electron chi connectivity index (χ2n) is 8.21. The van der Waals surface area contributed by atoms with E-state index in [4.69, 9.17) is 0 Å². The Hall–Kier alpha value is -0.610. The first-order valence-corrected chi connectivity index (χ1v) is 8.37. The number of hydrogen-bond acceptors (Lipinski definition) is 3. The van der Waals surface area contributed by atoms with Gasteiger partial charge >= 0.3 is 5.97 Å². The molecule has 1 N–H and O–H groups in total. The van der Waals surface area contributed by atoms with Crippen LogP contribution >= 0.6 is 0 Å². The minimum absolute atomic E-state index is 0.181. The molecule has 2 fully saturated rings. The van der Waals surface area contributed by atoms with Crippen LogP contribution in [-0.2, 0) is 4.79 Å². The number of carboxylic acid groups (broad SMARTS) is 1. The van der Waals surface area contributed by atoms with Crippen LogP contribution in [0, 0.1) is 17.3 Å². The highest BCUT2D eigenvalue weighted by atomic mass is 16.4. The van der Waals surface area contributed by atoms with Crippen LogP contribution in [-0.4, -0.2) is 59.6 Å². The molecule has 1 saturated heterocycles. The average Bonchev–Trinajstić information content (AvgIpc) is 2.40. The summed E-state index contributed by atoms with van der Waals surface area (Å²) in [6, 6.07) is 0.736. The van der Waals surface area contributed by atoms with Crippen LogP contribution in [0.5, 0.6) is 0 Å². The summed E-state index contributed by atoms with van der Waals surface area (Å²) in [5.74, 6) is -0.147. The Morgan fingerprint density at radius 1 is 1.19 bits per heavy atom. The van der Waals surface area contributed by atoms with Gasteiger partial charge in [-0.05, 0) is 44.6 Å². The molecular formula is C17H32N2O2. The number of rotatable bonds is 2. The van der Waals surface area contributed by atoms with Crippen molar-refractivity contribution in [1.29, 1.82) is 0 Å². The molecular weight excluding hydrogens is 264 g/mol. The molecule has 0 bridgehead atoms. The van der Waals surface area contributed by atoms with E-state index in [1.165, 1.54) is 0 Å². The summed E-state index contributed by atoms with van der Waals surface area (Å²) >= 11 is 0. The molecule has 4 heteroatoms. The molecule has 0 amide bonds. The van der Waals surface area contributed by atoms with Crippen molar-refractivity contribution in [2.75, 3.05) is 26.7 Å². The first-order valence-electron chi connectivity index (χ1n) is 8.37. The molecule has 0 radical (unpaired) electrons. The van der Waals surface area contributed by atoms with E-state index >= 15 is 0 Å². The smallest absolute Gasteiger partial charge is 0.308 e. The Kier molecular flexibility index (Phi) is 4.99. The molecule has 0 aromatic heterocycles. The molecule has 2 aliphatic rings. The molecule has 2 rings (SSSR count). The van der Waals surface area contributed by atoms with Gasteiger partial charge in [0, 0.05) is 31.7 Å². The molecule has 21 heavy (non-hydrogen) atoms. The minimum atomic E-state index is -0.598. The maximum Gasteiger partial charge on any atom is 0.308 e. The van der Waals surface area contributed by atoms with Gasteiger partial charge in [0.1, 0.15) is 0 Å². The van der Waals surface area contributed by atoms with Gasteiger partial charge in [0.2, 0.25) is 0 Å². The second-order valence-corrected chi connectivity index (χ2v) is 8.21. The molecule has 1 saturated carbocycles. The maximum atomic E-state index is 11.7. The lowest BCUT2D eigenvalue weighted by atomic mass is 9.67. The molecule has 0 aromatic rings. The van der Waals surface area contributed by atoms with Crippen LogP contribution in [0.4, 0.5) is 0 Å². The molecule has 4 unspecified atom stereocenters. The largest absolute Gasteiger partial charge is 0.481 e. The summed E-state index contributed by atoms with van der Waals surface area (Å²) in [6.45, 7) is 12.2. The highest BCUT2D eigenvalue weighted by Gasteiger charge is 2.42. The van der Waals surface area contributed by atoms with Gasteiger partial charge in [0.25, 0.3) is 0 Å². The first kappa shape index (κ1) is 16.8. The summed E-state index contributed by atoms with van der Waals surface area (Å²) < 4.78 is 0.